The summed E-state index contributed by atoms with van der Waals surface area (Å²) in [5, 5.41) is 0. The summed E-state index contributed by atoms with van der Waals surface area (Å²) in [5.74, 6) is -4.33. The van der Waals surface area contributed by atoms with E-state index in [0.717, 1.165) is 30.6 Å². The minimum absolute atomic E-state index is 0.00381. The van der Waals surface area contributed by atoms with Gasteiger partial charge in [-0.1, -0.05) is 19.8 Å². The first kappa shape index (κ1) is 31.9. The highest BCUT2D eigenvalue weighted by Gasteiger charge is 2.49. The summed E-state index contributed by atoms with van der Waals surface area (Å²) in [5.41, 5.74) is 0. The van der Waals surface area contributed by atoms with Crippen LogP contribution < -0.4 is 4.74 Å². The number of rotatable bonds is 8. The van der Waals surface area contributed by atoms with E-state index in [2.05, 4.69) is 11.7 Å². The lowest BCUT2D eigenvalue weighted by atomic mass is 9.65. The van der Waals surface area contributed by atoms with Gasteiger partial charge in [-0.05, 0) is 119 Å². The number of benzene rings is 1. The van der Waals surface area contributed by atoms with Gasteiger partial charge in [-0.25, -0.2) is 13.2 Å². The van der Waals surface area contributed by atoms with E-state index in [1.807, 2.05) is 0 Å². The third-order valence-corrected chi connectivity index (χ3v) is 11.1. The Morgan fingerprint density at radius 3 is 1.40 bits per heavy atom. The largest absolute Gasteiger partial charge is 0.432 e. The van der Waals surface area contributed by atoms with Crippen molar-refractivity contribution in [2.75, 3.05) is 0 Å². The Morgan fingerprint density at radius 1 is 0.548 bits per heavy atom. The van der Waals surface area contributed by atoms with Crippen LogP contribution in [0.2, 0.25) is 0 Å². The van der Waals surface area contributed by atoms with Crippen LogP contribution in [0.1, 0.15) is 110 Å². The van der Waals surface area contributed by atoms with Crippen LogP contribution in [0, 0.1) is 58.9 Å². The minimum atomic E-state index is -3.79. The summed E-state index contributed by atoms with van der Waals surface area (Å²) in [6, 6.07) is 0.721. The summed E-state index contributed by atoms with van der Waals surface area (Å²) in [6.07, 6.45) is 4.67. The molecule has 0 N–H and O–H groups in total. The van der Waals surface area contributed by atoms with E-state index < -0.39 is 53.4 Å². The minimum Gasteiger partial charge on any atom is -0.432 e. The molecule has 0 aromatic heterocycles. The molecule has 1 aromatic rings. The number of ether oxygens (including phenoxy) is 2. The molecule has 4 saturated carbocycles. The van der Waals surface area contributed by atoms with Gasteiger partial charge in [0.2, 0.25) is 0 Å². The second-order valence-corrected chi connectivity index (χ2v) is 13.8. The molecule has 9 heteroatoms. The molecule has 0 spiro atoms. The van der Waals surface area contributed by atoms with Gasteiger partial charge in [0.15, 0.2) is 17.5 Å². The number of halogens is 7. The standard InChI is InChI=1S/C33H45F7O2/c1-20-2-4-21(5-3-20)22-6-8-23(9-7-22)24-10-12-25(13-11-24)32(37,38)41-27-16-14-26(15-17-27)33(39,40)42-28-18-29(34)31(36)30(35)19-28/h18-27H,2-17H2,1H3. The molecule has 42 heavy (non-hydrogen) atoms. The first-order chi connectivity index (χ1) is 19.9. The third kappa shape index (κ3) is 7.58. The van der Waals surface area contributed by atoms with Gasteiger partial charge in [0, 0.05) is 12.1 Å². The zero-order valence-corrected chi connectivity index (χ0v) is 24.5. The van der Waals surface area contributed by atoms with Crippen molar-refractivity contribution < 1.29 is 40.2 Å². The van der Waals surface area contributed by atoms with E-state index in [1.165, 1.54) is 51.4 Å². The highest BCUT2D eigenvalue weighted by molar-refractivity contribution is 5.25. The van der Waals surface area contributed by atoms with Gasteiger partial charge in [-0.15, -0.1) is 0 Å². The van der Waals surface area contributed by atoms with Gasteiger partial charge < -0.3 is 9.47 Å². The van der Waals surface area contributed by atoms with Crippen molar-refractivity contribution in [2.45, 2.75) is 128 Å². The van der Waals surface area contributed by atoms with Crippen LogP contribution in [0.4, 0.5) is 30.7 Å². The van der Waals surface area contributed by atoms with E-state index in [4.69, 9.17) is 4.74 Å². The van der Waals surface area contributed by atoms with Crippen LogP contribution in [0.15, 0.2) is 12.1 Å². The van der Waals surface area contributed by atoms with E-state index in [0.29, 0.717) is 36.8 Å². The zero-order chi connectivity index (χ0) is 30.1. The summed E-state index contributed by atoms with van der Waals surface area (Å²) in [4.78, 5) is 0. The molecule has 0 atom stereocenters. The molecule has 0 heterocycles. The fourth-order valence-electron chi connectivity index (χ4n) is 8.44. The van der Waals surface area contributed by atoms with E-state index >= 15 is 8.78 Å². The lowest BCUT2D eigenvalue weighted by Crippen LogP contribution is -2.42. The first-order valence-corrected chi connectivity index (χ1v) is 16.2. The van der Waals surface area contributed by atoms with Crippen molar-refractivity contribution in [2.24, 2.45) is 41.4 Å². The second kappa shape index (κ2) is 13.2. The van der Waals surface area contributed by atoms with Crippen LogP contribution in [0.25, 0.3) is 0 Å². The average molecular weight is 607 g/mol. The van der Waals surface area contributed by atoms with Gasteiger partial charge in [0.25, 0.3) is 0 Å². The quantitative estimate of drug-likeness (QED) is 0.217. The molecule has 4 aliphatic rings. The van der Waals surface area contributed by atoms with Crippen molar-refractivity contribution in [1.29, 1.82) is 0 Å². The molecule has 0 amide bonds. The van der Waals surface area contributed by atoms with Crippen LogP contribution >= 0.6 is 0 Å². The molecule has 238 valence electrons. The normalized spacial score (nSPS) is 35.1. The maximum absolute atomic E-state index is 15.2. The Balaban J connectivity index is 1.04. The molecule has 2 nitrogen and oxygen atoms in total. The Morgan fingerprint density at radius 2 is 0.929 bits per heavy atom. The SMILES string of the molecule is CC1CCC(C2CCC(C3CCC(C(F)(F)OC4CCC(C(F)(F)Oc5cc(F)c(F)c(F)c5)CC4)CC3)CC2)CC1. The Bertz CT molecular complexity index is 994. The van der Waals surface area contributed by atoms with Crippen molar-refractivity contribution in [1.82, 2.24) is 0 Å². The van der Waals surface area contributed by atoms with Gasteiger partial charge in [-0.3, -0.25) is 0 Å². The predicted molar refractivity (Wildman–Crippen MR) is 146 cm³/mol. The molecule has 4 fully saturated rings. The Kier molecular flexibility index (Phi) is 10.1. The zero-order valence-electron chi connectivity index (χ0n) is 24.5. The van der Waals surface area contributed by atoms with Gasteiger partial charge in [-0.2, -0.15) is 17.6 Å². The molecule has 4 aliphatic carbocycles. The number of hydrogen-bond acceptors (Lipinski definition) is 2. The molecule has 0 unspecified atom stereocenters. The molecule has 0 bridgehead atoms. The lowest BCUT2D eigenvalue weighted by molar-refractivity contribution is -0.306. The first-order valence-electron chi connectivity index (χ1n) is 16.2. The number of hydrogen-bond donors (Lipinski definition) is 0. The summed E-state index contributed by atoms with van der Waals surface area (Å²) >= 11 is 0. The summed E-state index contributed by atoms with van der Waals surface area (Å²) in [7, 11) is 0. The van der Waals surface area contributed by atoms with Crippen LogP contribution in [0.3, 0.4) is 0 Å². The second-order valence-electron chi connectivity index (χ2n) is 13.8. The fraction of sp³-hybridized carbons (Fsp3) is 0.818. The number of alkyl halides is 4. The van der Waals surface area contributed by atoms with Crippen molar-refractivity contribution in [3.05, 3.63) is 29.6 Å². The Hall–Kier alpha value is -1.51. The third-order valence-electron chi connectivity index (χ3n) is 11.1. The molecule has 1 aromatic carbocycles. The van der Waals surface area contributed by atoms with Crippen molar-refractivity contribution >= 4 is 0 Å². The van der Waals surface area contributed by atoms with Crippen LogP contribution in [-0.4, -0.2) is 18.3 Å². The van der Waals surface area contributed by atoms with Crippen LogP contribution in [-0.2, 0) is 4.74 Å². The fourth-order valence-corrected chi connectivity index (χ4v) is 8.44. The Labute approximate surface area is 245 Å². The smallest absolute Gasteiger partial charge is 0.400 e. The predicted octanol–water partition coefficient (Wildman–Crippen LogP) is 10.7. The van der Waals surface area contributed by atoms with E-state index in [1.54, 1.807) is 0 Å². The molecule has 5 rings (SSSR count). The monoisotopic (exact) mass is 606 g/mol. The molecular weight excluding hydrogens is 561 g/mol. The average Bonchev–Trinajstić information content (AvgIpc) is 2.96. The highest BCUT2D eigenvalue weighted by Crippen LogP contribution is 2.49. The van der Waals surface area contributed by atoms with E-state index in [-0.39, 0.29) is 25.7 Å². The topological polar surface area (TPSA) is 18.5 Å². The molecule has 0 aliphatic heterocycles. The maximum atomic E-state index is 15.2. The lowest BCUT2D eigenvalue weighted by Gasteiger charge is -2.42. The summed E-state index contributed by atoms with van der Waals surface area (Å²) in [6.45, 7) is 2.36. The van der Waals surface area contributed by atoms with E-state index in [9.17, 15) is 22.0 Å². The highest BCUT2D eigenvalue weighted by atomic mass is 19.3. The summed E-state index contributed by atoms with van der Waals surface area (Å²) < 4.78 is 109. The van der Waals surface area contributed by atoms with Gasteiger partial charge in [0.1, 0.15) is 5.75 Å². The van der Waals surface area contributed by atoms with Crippen molar-refractivity contribution in [3.63, 3.8) is 0 Å². The maximum Gasteiger partial charge on any atom is 0.400 e. The molecule has 0 saturated heterocycles. The molecular formula is C33H45F7O2. The molecule has 0 radical (unpaired) electrons. The van der Waals surface area contributed by atoms with Gasteiger partial charge >= 0.3 is 12.2 Å². The van der Waals surface area contributed by atoms with Crippen LogP contribution in [0.5, 0.6) is 5.75 Å². The van der Waals surface area contributed by atoms with Crippen molar-refractivity contribution in [3.8, 4) is 5.75 Å². The van der Waals surface area contributed by atoms with Gasteiger partial charge in [0.05, 0.1) is 17.9 Å².